The Morgan fingerprint density at radius 1 is 1.45 bits per heavy atom. The maximum atomic E-state index is 11.9. The number of hydrogen-bond acceptors (Lipinski definition) is 5. The zero-order chi connectivity index (χ0) is 14.4. The Morgan fingerprint density at radius 2 is 2.20 bits per heavy atom. The van der Waals surface area contributed by atoms with Gasteiger partial charge in [0.05, 0.1) is 0 Å². The predicted octanol–water partition coefficient (Wildman–Crippen LogP) is 1.25. The van der Waals surface area contributed by atoms with E-state index in [1.165, 1.54) is 0 Å². The summed E-state index contributed by atoms with van der Waals surface area (Å²) < 4.78 is 9.84. The van der Waals surface area contributed by atoms with Crippen molar-refractivity contribution in [1.82, 2.24) is 10.5 Å². The number of rotatable bonds is 6. The molecule has 1 aromatic heterocycles. The number of aromatic nitrogens is 1. The molecule has 1 aromatic carbocycles. The molecule has 0 aliphatic rings. The molecule has 0 spiro atoms. The topological polar surface area (TPSA) is 90.4 Å². The summed E-state index contributed by atoms with van der Waals surface area (Å²) in [6, 6.07) is 10.9. The molecule has 20 heavy (non-hydrogen) atoms. The molecule has 2 aromatic rings. The molecular formula is C14H17N3O3. The third-order valence-electron chi connectivity index (χ3n) is 2.79. The smallest absolute Gasteiger partial charge is 0.273 e. The second-order valence-corrected chi connectivity index (χ2v) is 4.34. The van der Waals surface area contributed by atoms with E-state index in [0.29, 0.717) is 12.3 Å². The lowest BCUT2D eigenvalue weighted by molar-refractivity contribution is 0.0941. The minimum Gasteiger partial charge on any atom is -0.377 e. The first-order valence-corrected chi connectivity index (χ1v) is 6.24. The number of carbonyl (C=O) groups is 1. The van der Waals surface area contributed by atoms with Crippen molar-refractivity contribution in [2.75, 3.05) is 13.7 Å². The van der Waals surface area contributed by atoms with Crippen molar-refractivity contribution in [1.29, 1.82) is 0 Å². The second-order valence-electron chi connectivity index (χ2n) is 4.34. The van der Waals surface area contributed by atoms with E-state index in [1.807, 2.05) is 30.3 Å². The number of benzene rings is 1. The van der Waals surface area contributed by atoms with E-state index >= 15 is 0 Å². The number of nitrogens with zero attached hydrogens (tertiary/aromatic N) is 1. The first kappa shape index (κ1) is 14.2. The Kier molecular flexibility index (Phi) is 4.86. The summed E-state index contributed by atoms with van der Waals surface area (Å²) in [6.45, 7) is 0.610. The molecule has 0 radical (unpaired) electrons. The zero-order valence-corrected chi connectivity index (χ0v) is 11.2. The number of nitrogens with two attached hydrogens (primary N) is 1. The van der Waals surface area contributed by atoms with Crippen LogP contribution in [0, 0.1) is 0 Å². The Morgan fingerprint density at radius 3 is 2.90 bits per heavy atom. The van der Waals surface area contributed by atoms with Gasteiger partial charge >= 0.3 is 0 Å². The molecule has 2 rings (SSSR count). The van der Waals surface area contributed by atoms with Crippen LogP contribution in [0.2, 0.25) is 0 Å². The van der Waals surface area contributed by atoms with Crippen molar-refractivity contribution in [3.05, 3.63) is 53.4 Å². The molecule has 0 fully saturated rings. The van der Waals surface area contributed by atoms with Gasteiger partial charge in [0.1, 0.15) is 6.61 Å². The largest absolute Gasteiger partial charge is 0.377 e. The lowest BCUT2D eigenvalue weighted by Gasteiger charge is -2.12. The van der Waals surface area contributed by atoms with Crippen molar-refractivity contribution in [3.63, 3.8) is 0 Å². The van der Waals surface area contributed by atoms with Crippen LogP contribution in [-0.4, -0.2) is 24.7 Å². The van der Waals surface area contributed by atoms with Crippen LogP contribution >= 0.6 is 0 Å². The van der Waals surface area contributed by atoms with Crippen LogP contribution in [0.3, 0.4) is 0 Å². The van der Waals surface area contributed by atoms with Gasteiger partial charge in [0.25, 0.3) is 5.91 Å². The summed E-state index contributed by atoms with van der Waals surface area (Å²) in [7, 11) is 1.54. The van der Waals surface area contributed by atoms with Crippen LogP contribution in [0.15, 0.2) is 40.9 Å². The molecule has 0 saturated heterocycles. The van der Waals surface area contributed by atoms with Gasteiger partial charge in [0.15, 0.2) is 11.5 Å². The fourth-order valence-corrected chi connectivity index (χ4v) is 1.74. The predicted molar refractivity (Wildman–Crippen MR) is 72.9 cm³/mol. The maximum absolute atomic E-state index is 11.9. The molecule has 1 unspecified atom stereocenters. The highest BCUT2D eigenvalue weighted by molar-refractivity contribution is 5.92. The number of carbonyl (C=O) groups excluding carboxylic acids is 1. The van der Waals surface area contributed by atoms with Crippen molar-refractivity contribution in [2.24, 2.45) is 5.73 Å². The Balaban J connectivity index is 1.88. The summed E-state index contributed by atoms with van der Waals surface area (Å²) in [4.78, 5) is 11.9. The Labute approximate surface area is 116 Å². The molecule has 6 heteroatoms. The molecule has 6 nitrogen and oxygen atoms in total. The molecule has 0 saturated carbocycles. The van der Waals surface area contributed by atoms with Crippen molar-refractivity contribution in [2.45, 2.75) is 12.6 Å². The number of hydrogen-bond donors (Lipinski definition) is 2. The average Bonchev–Trinajstić information content (AvgIpc) is 2.94. The highest BCUT2D eigenvalue weighted by Crippen LogP contribution is 2.09. The molecule has 3 N–H and O–H groups in total. The number of nitrogens with one attached hydrogen (secondary N) is 1. The van der Waals surface area contributed by atoms with Crippen LogP contribution in [0.5, 0.6) is 0 Å². The zero-order valence-electron chi connectivity index (χ0n) is 11.2. The third kappa shape index (κ3) is 3.66. The Bertz CT molecular complexity index is 554. The van der Waals surface area contributed by atoms with Crippen molar-refractivity contribution < 1.29 is 14.1 Å². The van der Waals surface area contributed by atoms with E-state index in [2.05, 4.69) is 10.5 Å². The molecule has 0 bridgehead atoms. The van der Waals surface area contributed by atoms with Gasteiger partial charge in [0.2, 0.25) is 0 Å². The molecule has 1 amide bonds. The summed E-state index contributed by atoms with van der Waals surface area (Å²) >= 11 is 0. The van der Waals surface area contributed by atoms with E-state index < -0.39 is 0 Å². The normalized spacial score (nSPS) is 12.1. The van der Waals surface area contributed by atoms with E-state index in [9.17, 15) is 4.79 Å². The van der Waals surface area contributed by atoms with Gasteiger partial charge in [-0.2, -0.15) is 0 Å². The van der Waals surface area contributed by atoms with E-state index in [4.69, 9.17) is 15.0 Å². The Hall–Kier alpha value is -2.18. The van der Waals surface area contributed by atoms with Gasteiger partial charge in [-0.1, -0.05) is 35.5 Å². The minimum atomic E-state index is -0.317. The summed E-state index contributed by atoms with van der Waals surface area (Å²) in [5.41, 5.74) is 7.18. The third-order valence-corrected chi connectivity index (χ3v) is 2.79. The molecular weight excluding hydrogens is 258 g/mol. The highest BCUT2D eigenvalue weighted by atomic mass is 16.5. The van der Waals surface area contributed by atoms with Crippen molar-refractivity contribution >= 4 is 5.91 Å². The first-order chi connectivity index (χ1) is 9.70. The summed E-state index contributed by atoms with van der Waals surface area (Å²) in [5.74, 6) is 0.187. The quantitative estimate of drug-likeness (QED) is 0.828. The van der Waals surface area contributed by atoms with Gasteiger partial charge < -0.3 is 20.3 Å². The summed E-state index contributed by atoms with van der Waals surface area (Å²) in [6.07, 6.45) is 0. The van der Waals surface area contributed by atoms with E-state index in [1.54, 1.807) is 13.2 Å². The molecule has 0 aliphatic carbocycles. The lowest BCUT2D eigenvalue weighted by Crippen LogP contribution is -2.32. The molecule has 1 atom stereocenters. The fourth-order valence-electron chi connectivity index (χ4n) is 1.74. The standard InChI is InChI=1S/C14H17N3O3/c1-19-9-11-7-13(17-20-11)14(18)16-8-12(15)10-5-3-2-4-6-10/h2-7,12H,8-9,15H2,1H3,(H,16,18). The average molecular weight is 275 g/mol. The molecule has 0 aliphatic heterocycles. The monoisotopic (exact) mass is 275 g/mol. The second kappa shape index (κ2) is 6.83. The van der Waals surface area contributed by atoms with Gasteiger partial charge in [-0.05, 0) is 5.56 Å². The number of amides is 1. The van der Waals surface area contributed by atoms with Crippen LogP contribution in [0.4, 0.5) is 0 Å². The lowest BCUT2D eigenvalue weighted by atomic mass is 10.1. The van der Waals surface area contributed by atoms with Crippen LogP contribution < -0.4 is 11.1 Å². The van der Waals surface area contributed by atoms with Crippen LogP contribution in [-0.2, 0) is 11.3 Å². The number of methoxy groups -OCH3 is 1. The van der Waals surface area contributed by atoms with Crippen LogP contribution in [0.1, 0.15) is 27.9 Å². The molecule has 106 valence electrons. The van der Waals surface area contributed by atoms with Gasteiger partial charge in [-0.25, -0.2) is 0 Å². The number of ether oxygens (including phenoxy) is 1. The van der Waals surface area contributed by atoms with E-state index in [-0.39, 0.29) is 24.2 Å². The minimum absolute atomic E-state index is 0.220. The SMILES string of the molecule is COCc1cc(C(=O)NCC(N)c2ccccc2)no1. The van der Waals surface area contributed by atoms with Gasteiger partial charge in [0, 0.05) is 25.8 Å². The first-order valence-electron chi connectivity index (χ1n) is 6.24. The van der Waals surface area contributed by atoms with Gasteiger partial charge in [-0.15, -0.1) is 0 Å². The van der Waals surface area contributed by atoms with E-state index in [0.717, 1.165) is 5.56 Å². The fraction of sp³-hybridized carbons (Fsp3) is 0.286. The summed E-state index contributed by atoms with van der Waals surface area (Å²) in [5, 5.41) is 6.40. The molecule has 1 heterocycles. The van der Waals surface area contributed by atoms with Gasteiger partial charge in [-0.3, -0.25) is 4.79 Å². The maximum Gasteiger partial charge on any atom is 0.273 e. The highest BCUT2D eigenvalue weighted by Gasteiger charge is 2.14. The van der Waals surface area contributed by atoms with Crippen molar-refractivity contribution in [3.8, 4) is 0 Å². The van der Waals surface area contributed by atoms with Crippen LogP contribution in [0.25, 0.3) is 0 Å².